The maximum atomic E-state index is 12.0. The summed E-state index contributed by atoms with van der Waals surface area (Å²) in [5.74, 6) is -2.28. The van der Waals surface area contributed by atoms with Crippen LogP contribution >= 0.6 is 0 Å². The van der Waals surface area contributed by atoms with E-state index in [1.807, 2.05) is 13.0 Å². The fourth-order valence-electron chi connectivity index (χ4n) is 3.13. The number of ether oxygens (including phenoxy) is 1. The van der Waals surface area contributed by atoms with E-state index in [0.29, 0.717) is 0 Å². The number of benzene rings is 1. The molecule has 0 fully saturated rings. The number of aryl methyl sites for hydroxylation is 2. The average Bonchev–Trinajstić information content (AvgIpc) is 3.16. The van der Waals surface area contributed by atoms with Gasteiger partial charge in [-0.15, -0.1) is 0 Å². The van der Waals surface area contributed by atoms with Crippen LogP contribution in [0.25, 0.3) is 0 Å². The quantitative estimate of drug-likeness (QED) is 0.474. The van der Waals surface area contributed by atoms with Gasteiger partial charge in [0.15, 0.2) is 6.61 Å². The van der Waals surface area contributed by atoms with Gasteiger partial charge in [0.1, 0.15) is 4.92 Å². The van der Waals surface area contributed by atoms with Crippen molar-refractivity contribution < 1.29 is 23.7 Å². The number of nitro groups is 1. The van der Waals surface area contributed by atoms with Crippen molar-refractivity contribution in [2.75, 3.05) is 6.61 Å². The lowest BCUT2D eigenvalue weighted by Gasteiger charge is -2.20. The molecule has 0 saturated carbocycles. The minimum absolute atomic E-state index is 0.229. The predicted octanol–water partition coefficient (Wildman–Crippen LogP) is 3.10. The molecule has 1 aliphatic rings. The molecule has 0 bridgehead atoms. The molecular formula is C19H20N2O6. The van der Waals surface area contributed by atoms with Crippen LogP contribution in [0.5, 0.6) is 0 Å². The van der Waals surface area contributed by atoms with Gasteiger partial charge in [0, 0.05) is 0 Å². The monoisotopic (exact) mass is 372 g/mol. The molecule has 1 amide bonds. The number of nitrogens with zero attached hydrogens (tertiary/aromatic N) is 1. The summed E-state index contributed by atoms with van der Waals surface area (Å²) in [6.45, 7) is 1.36. The minimum atomic E-state index is -0.931. The fraction of sp³-hybridized carbons (Fsp3) is 0.368. The van der Waals surface area contributed by atoms with E-state index < -0.39 is 29.3 Å². The molecule has 0 unspecified atom stereocenters. The number of fused-ring (bicyclic) bond motifs is 1. The Labute approximate surface area is 155 Å². The highest BCUT2D eigenvalue weighted by molar-refractivity contribution is 5.89. The molecule has 8 heteroatoms. The molecule has 8 nitrogen and oxygen atoms in total. The van der Waals surface area contributed by atoms with Crippen LogP contribution in [0.4, 0.5) is 5.88 Å². The van der Waals surface area contributed by atoms with Crippen LogP contribution in [0.3, 0.4) is 0 Å². The normalized spacial score (nSPS) is 14.1. The zero-order valence-corrected chi connectivity index (χ0v) is 14.9. The second-order valence-corrected chi connectivity index (χ2v) is 6.50. The first kappa shape index (κ1) is 18.6. The van der Waals surface area contributed by atoms with Crippen molar-refractivity contribution in [3.8, 4) is 0 Å². The van der Waals surface area contributed by atoms with E-state index in [9.17, 15) is 19.7 Å². The number of hydrogen-bond acceptors (Lipinski definition) is 6. The van der Waals surface area contributed by atoms with Gasteiger partial charge in [0.05, 0.1) is 12.1 Å². The number of rotatable bonds is 6. The lowest BCUT2D eigenvalue weighted by atomic mass is 9.89. The Kier molecular flexibility index (Phi) is 5.54. The highest BCUT2D eigenvalue weighted by atomic mass is 16.7. The summed E-state index contributed by atoms with van der Waals surface area (Å²) in [5, 5.41) is 13.3. The minimum Gasteiger partial charge on any atom is -0.450 e. The van der Waals surface area contributed by atoms with Gasteiger partial charge >= 0.3 is 11.9 Å². The fourth-order valence-corrected chi connectivity index (χ4v) is 3.13. The van der Waals surface area contributed by atoms with Crippen LogP contribution in [-0.4, -0.2) is 23.4 Å². The van der Waals surface area contributed by atoms with Crippen LogP contribution in [0.15, 0.2) is 34.7 Å². The van der Waals surface area contributed by atoms with Gasteiger partial charge < -0.3 is 14.5 Å². The van der Waals surface area contributed by atoms with Crippen molar-refractivity contribution in [1.82, 2.24) is 5.32 Å². The first-order valence-electron chi connectivity index (χ1n) is 8.76. The molecule has 1 aromatic heterocycles. The Bertz CT molecular complexity index is 873. The number of carbonyl (C=O) groups is 2. The molecule has 0 saturated heterocycles. The summed E-state index contributed by atoms with van der Waals surface area (Å²) in [7, 11) is 0. The van der Waals surface area contributed by atoms with E-state index >= 15 is 0 Å². The second-order valence-electron chi connectivity index (χ2n) is 6.50. The highest BCUT2D eigenvalue weighted by Crippen LogP contribution is 2.24. The number of carbonyl (C=O) groups excluding carboxylic acids is 2. The number of nitrogens with one attached hydrogen (secondary N) is 1. The Morgan fingerprint density at radius 1 is 1.22 bits per heavy atom. The molecule has 1 N–H and O–H groups in total. The molecule has 3 rings (SSSR count). The average molecular weight is 372 g/mol. The van der Waals surface area contributed by atoms with Crippen molar-refractivity contribution in [3.05, 3.63) is 62.9 Å². The van der Waals surface area contributed by atoms with Crippen molar-refractivity contribution >= 4 is 17.8 Å². The first-order valence-corrected chi connectivity index (χ1v) is 8.76. The summed E-state index contributed by atoms with van der Waals surface area (Å²) in [4.78, 5) is 33.6. The SMILES string of the molecule is C[C@H](NC(=O)COC(=O)c1ccc([N+](=O)[O-])o1)c1ccc2c(c1)CCCC2. The molecule has 0 spiro atoms. The van der Waals surface area contributed by atoms with Gasteiger partial charge in [-0.2, -0.15) is 0 Å². The maximum Gasteiger partial charge on any atom is 0.433 e. The molecule has 0 aliphatic heterocycles. The smallest absolute Gasteiger partial charge is 0.433 e. The number of esters is 1. The van der Waals surface area contributed by atoms with Crippen molar-refractivity contribution in [1.29, 1.82) is 0 Å². The topological polar surface area (TPSA) is 112 Å². The van der Waals surface area contributed by atoms with E-state index in [1.54, 1.807) is 0 Å². The van der Waals surface area contributed by atoms with E-state index in [4.69, 9.17) is 9.15 Å². The maximum absolute atomic E-state index is 12.0. The summed E-state index contributed by atoms with van der Waals surface area (Å²) in [6.07, 6.45) is 4.54. The van der Waals surface area contributed by atoms with Gasteiger partial charge in [-0.25, -0.2) is 4.79 Å². The summed E-state index contributed by atoms with van der Waals surface area (Å²) in [6, 6.07) is 8.18. The van der Waals surface area contributed by atoms with Crippen molar-refractivity contribution in [3.63, 3.8) is 0 Å². The number of furan rings is 1. The highest BCUT2D eigenvalue weighted by Gasteiger charge is 2.20. The van der Waals surface area contributed by atoms with Gasteiger partial charge in [-0.05, 0) is 55.4 Å². The number of hydrogen-bond donors (Lipinski definition) is 1. The molecular weight excluding hydrogens is 352 g/mol. The van der Waals surface area contributed by atoms with Gasteiger partial charge in [-0.3, -0.25) is 14.9 Å². The van der Waals surface area contributed by atoms with Crippen LogP contribution < -0.4 is 5.32 Å². The molecule has 27 heavy (non-hydrogen) atoms. The summed E-state index contributed by atoms with van der Waals surface area (Å²) in [5.41, 5.74) is 3.69. The van der Waals surface area contributed by atoms with Crippen molar-refractivity contribution in [2.24, 2.45) is 0 Å². The largest absolute Gasteiger partial charge is 0.450 e. The van der Waals surface area contributed by atoms with Crippen LogP contribution in [0.2, 0.25) is 0 Å². The predicted molar refractivity (Wildman–Crippen MR) is 95.3 cm³/mol. The number of amides is 1. The molecule has 0 radical (unpaired) electrons. The third-order valence-electron chi connectivity index (χ3n) is 4.56. The van der Waals surface area contributed by atoms with E-state index in [1.165, 1.54) is 24.0 Å². The Balaban J connectivity index is 1.52. The zero-order valence-electron chi connectivity index (χ0n) is 14.9. The Hall–Kier alpha value is -3.16. The lowest BCUT2D eigenvalue weighted by Crippen LogP contribution is -2.31. The first-order chi connectivity index (χ1) is 12.9. The Morgan fingerprint density at radius 2 is 1.96 bits per heavy atom. The van der Waals surface area contributed by atoms with Crippen LogP contribution in [0.1, 0.15) is 53.1 Å². The van der Waals surface area contributed by atoms with Crippen LogP contribution in [0, 0.1) is 10.1 Å². The lowest BCUT2D eigenvalue weighted by molar-refractivity contribution is -0.402. The van der Waals surface area contributed by atoms with E-state index in [0.717, 1.165) is 30.5 Å². The molecule has 142 valence electrons. The van der Waals surface area contributed by atoms with E-state index in [-0.39, 0.29) is 11.8 Å². The molecule has 1 aromatic carbocycles. The second kappa shape index (κ2) is 8.03. The van der Waals surface area contributed by atoms with E-state index in [2.05, 4.69) is 17.4 Å². The van der Waals surface area contributed by atoms with Crippen LogP contribution in [-0.2, 0) is 22.4 Å². The van der Waals surface area contributed by atoms with Gasteiger partial charge in [0.25, 0.3) is 5.91 Å². The molecule has 2 aromatic rings. The Morgan fingerprint density at radius 3 is 2.67 bits per heavy atom. The van der Waals surface area contributed by atoms with Crippen molar-refractivity contribution in [2.45, 2.75) is 38.6 Å². The summed E-state index contributed by atoms with van der Waals surface area (Å²) >= 11 is 0. The molecule has 1 heterocycles. The molecule has 1 aliphatic carbocycles. The van der Waals surface area contributed by atoms with Gasteiger partial charge in [0.2, 0.25) is 5.76 Å². The standard InChI is InChI=1S/C19H20N2O6/c1-12(14-7-6-13-4-2-3-5-15(13)10-14)20-17(22)11-26-19(23)16-8-9-18(27-16)21(24)25/h6-10,12H,2-5,11H2,1H3,(H,20,22)/t12-/m0/s1. The summed E-state index contributed by atoms with van der Waals surface area (Å²) < 4.78 is 9.58. The zero-order chi connectivity index (χ0) is 19.4. The van der Waals surface area contributed by atoms with Gasteiger partial charge in [-0.1, -0.05) is 18.2 Å². The third kappa shape index (κ3) is 4.52. The molecule has 1 atom stereocenters. The third-order valence-corrected chi connectivity index (χ3v) is 4.56.